The number of para-hydroxylation sites is 1. The lowest BCUT2D eigenvalue weighted by molar-refractivity contribution is 0.876. The molecule has 0 fully saturated rings. The van der Waals surface area contributed by atoms with Gasteiger partial charge < -0.3 is 5.32 Å². The SMILES string of the molecule is Cc1ccccc1[C@@H](C)Nc1c(Cl)cnc2ccccc12. The topological polar surface area (TPSA) is 24.9 Å². The van der Waals surface area contributed by atoms with Crippen molar-refractivity contribution < 1.29 is 0 Å². The summed E-state index contributed by atoms with van der Waals surface area (Å²) in [4.78, 5) is 4.37. The zero-order chi connectivity index (χ0) is 14.8. The highest BCUT2D eigenvalue weighted by molar-refractivity contribution is 6.34. The van der Waals surface area contributed by atoms with Crippen LogP contribution in [0.25, 0.3) is 10.9 Å². The lowest BCUT2D eigenvalue weighted by atomic mass is 10.0. The van der Waals surface area contributed by atoms with E-state index in [1.807, 2.05) is 24.3 Å². The summed E-state index contributed by atoms with van der Waals surface area (Å²) < 4.78 is 0. The molecule has 1 heterocycles. The maximum atomic E-state index is 6.35. The number of hydrogen-bond donors (Lipinski definition) is 1. The average Bonchev–Trinajstić information content (AvgIpc) is 2.50. The maximum Gasteiger partial charge on any atom is 0.0827 e. The molecule has 0 saturated carbocycles. The van der Waals surface area contributed by atoms with E-state index in [0.29, 0.717) is 5.02 Å². The molecule has 1 N–H and O–H groups in total. The van der Waals surface area contributed by atoms with Crippen molar-refractivity contribution in [3.05, 3.63) is 70.9 Å². The van der Waals surface area contributed by atoms with E-state index in [2.05, 4.69) is 48.4 Å². The van der Waals surface area contributed by atoms with Crippen LogP contribution >= 0.6 is 11.6 Å². The molecule has 1 atom stereocenters. The molecule has 0 amide bonds. The van der Waals surface area contributed by atoms with Crippen molar-refractivity contribution in [3.63, 3.8) is 0 Å². The summed E-state index contributed by atoms with van der Waals surface area (Å²) in [5.41, 5.74) is 4.43. The van der Waals surface area contributed by atoms with E-state index in [0.717, 1.165) is 16.6 Å². The Morgan fingerprint density at radius 3 is 2.57 bits per heavy atom. The molecule has 0 aliphatic heterocycles. The molecule has 2 nitrogen and oxygen atoms in total. The lowest BCUT2D eigenvalue weighted by Crippen LogP contribution is -2.09. The molecule has 2 aromatic carbocycles. The van der Waals surface area contributed by atoms with Crippen LogP contribution in [0.2, 0.25) is 5.02 Å². The van der Waals surface area contributed by atoms with Gasteiger partial charge >= 0.3 is 0 Å². The van der Waals surface area contributed by atoms with Crippen molar-refractivity contribution >= 4 is 28.2 Å². The summed E-state index contributed by atoms with van der Waals surface area (Å²) in [6, 6.07) is 16.6. The highest BCUT2D eigenvalue weighted by atomic mass is 35.5. The van der Waals surface area contributed by atoms with E-state index in [1.165, 1.54) is 11.1 Å². The predicted octanol–water partition coefficient (Wildman–Crippen LogP) is 5.37. The average molecular weight is 297 g/mol. The molecule has 3 heteroatoms. The van der Waals surface area contributed by atoms with Gasteiger partial charge in [0.15, 0.2) is 0 Å². The van der Waals surface area contributed by atoms with Gasteiger partial charge in [-0.3, -0.25) is 4.98 Å². The van der Waals surface area contributed by atoms with Gasteiger partial charge in [-0.1, -0.05) is 54.1 Å². The highest BCUT2D eigenvalue weighted by Crippen LogP contribution is 2.32. The molecule has 0 radical (unpaired) electrons. The first-order chi connectivity index (χ1) is 10.2. The predicted molar refractivity (Wildman–Crippen MR) is 90.0 cm³/mol. The minimum atomic E-state index is 0.175. The summed E-state index contributed by atoms with van der Waals surface area (Å²) >= 11 is 6.35. The Balaban J connectivity index is 2.02. The van der Waals surface area contributed by atoms with Crippen LogP contribution in [-0.2, 0) is 0 Å². The van der Waals surface area contributed by atoms with Gasteiger partial charge in [0, 0.05) is 17.6 Å². The number of aromatic nitrogens is 1. The van der Waals surface area contributed by atoms with Gasteiger partial charge in [0.2, 0.25) is 0 Å². The number of nitrogens with zero attached hydrogens (tertiary/aromatic N) is 1. The summed E-state index contributed by atoms with van der Waals surface area (Å²) in [6.07, 6.45) is 1.71. The number of fused-ring (bicyclic) bond motifs is 1. The van der Waals surface area contributed by atoms with Gasteiger partial charge in [0.25, 0.3) is 0 Å². The van der Waals surface area contributed by atoms with E-state index >= 15 is 0 Å². The third kappa shape index (κ3) is 2.72. The molecular weight excluding hydrogens is 280 g/mol. The summed E-state index contributed by atoms with van der Waals surface area (Å²) in [6.45, 7) is 4.27. The first-order valence-electron chi connectivity index (χ1n) is 7.02. The van der Waals surface area contributed by atoms with Crippen molar-refractivity contribution in [2.75, 3.05) is 5.32 Å². The summed E-state index contributed by atoms with van der Waals surface area (Å²) in [7, 11) is 0. The van der Waals surface area contributed by atoms with Crippen molar-refractivity contribution in [2.24, 2.45) is 0 Å². The Morgan fingerprint density at radius 1 is 1.05 bits per heavy atom. The Labute approximate surface area is 129 Å². The van der Waals surface area contributed by atoms with Crippen molar-refractivity contribution in [2.45, 2.75) is 19.9 Å². The Morgan fingerprint density at radius 2 is 1.76 bits per heavy atom. The Hall–Kier alpha value is -2.06. The second-order valence-electron chi connectivity index (χ2n) is 5.22. The Bertz CT molecular complexity index is 783. The highest BCUT2D eigenvalue weighted by Gasteiger charge is 2.12. The molecule has 0 aliphatic rings. The summed E-state index contributed by atoms with van der Waals surface area (Å²) in [5, 5.41) is 5.23. The summed E-state index contributed by atoms with van der Waals surface area (Å²) in [5.74, 6) is 0. The van der Waals surface area contributed by atoms with Crippen LogP contribution in [0.3, 0.4) is 0 Å². The van der Waals surface area contributed by atoms with Crippen molar-refractivity contribution in [3.8, 4) is 0 Å². The van der Waals surface area contributed by atoms with Crippen LogP contribution < -0.4 is 5.32 Å². The van der Waals surface area contributed by atoms with Gasteiger partial charge in [-0.05, 0) is 31.0 Å². The zero-order valence-electron chi connectivity index (χ0n) is 12.1. The van der Waals surface area contributed by atoms with E-state index in [4.69, 9.17) is 11.6 Å². The van der Waals surface area contributed by atoms with Gasteiger partial charge in [-0.15, -0.1) is 0 Å². The third-order valence-electron chi connectivity index (χ3n) is 3.75. The second kappa shape index (κ2) is 5.74. The number of pyridine rings is 1. The molecule has 0 bridgehead atoms. The number of nitrogens with one attached hydrogen (secondary N) is 1. The monoisotopic (exact) mass is 296 g/mol. The standard InChI is InChI=1S/C18H17ClN2/c1-12-7-3-4-8-14(12)13(2)21-18-15-9-5-6-10-17(15)20-11-16(18)19/h3-11,13H,1-2H3,(H,20,21)/t13-/m1/s1. The second-order valence-corrected chi connectivity index (χ2v) is 5.63. The molecule has 21 heavy (non-hydrogen) atoms. The first-order valence-corrected chi connectivity index (χ1v) is 7.40. The van der Waals surface area contributed by atoms with E-state index in [9.17, 15) is 0 Å². The van der Waals surface area contributed by atoms with Gasteiger partial charge in [0.1, 0.15) is 0 Å². The molecule has 3 rings (SSSR count). The fraction of sp³-hybridized carbons (Fsp3) is 0.167. The van der Waals surface area contributed by atoms with Crippen LogP contribution in [0.4, 0.5) is 5.69 Å². The van der Waals surface area contributed by atoms with Crippen LogP contribution in [-0.4, -0.2) is 4.98 Å². The normalized spacial score (nSPS) is 12.3. The van der Waals surface area contributed by atoms with Crippen LogP contribution in [0.15, 0.2) is 54.7 Å². The van der Waals surface area contributed by atoms with E-state index < -0.39 is 0 Å². The molecule has 1 aromatic heterocycles. The molecule has 0 aliphatic carbocycles. The quantitative estimate of drug-likeness (QED) is 0.703. The molecule has 106 valence electrons. The largest absolute Gasteiger partial charge is 0.377 e. The van der Waals surface area contributed by atoms with E-state index in [-0.39, 0.29) is 6.04 Å². The number of rotatable bonds is 3. The lowest BCUT2D eigenvalue weighted by Gasteiger charge is -2.20. The van der Waals surface area contributed by atoms with Gasteiger partial charge in [-0.25, -0.2) is 0 Å². The smallest absolute Gasteiger partial charge is 0.0827 e. The fourth-order valence-corrected chi connectivity index (χ4v) is 2.84. The third-order valence-corrected chi connectivity index (χ3v) is 4.03. The minimum Gasteiger partial charge on any atom is -0.377 e. The first kappa shape index (κ1) is 13.9. The number of benzene rings is 2. The molecule has 0 spiro atoms. The zero-order valence-corrected chi connectivity index (χ0v) is 12.9. The minimum absolute atomic E-state index is 0.175. The Kier molecular flexibility index (Phi) is 3.80. The molecule has 0 unspecified atom stereocenters. The number of halogens is 1. The number of aryl methyl sites for hydroxylation is 1. The van der Waals surface area contributed by atoms with Gasteiger partial charge in [-0.2, -0.15) is 0 Å². The molecule has 0 saturated heterocycles. The van der Waals surface area contributed by atoms with Crippen LogP contribution in [0.1, 0.15) is 24.1 Å². The van der Waals surface area contributed by atoms with E-state index in [1.54, 1.807) is 6.20 Å². The molecule has 3 aromatic rings. The number of hydrogen-bond acceptors (Lipinski definition) is 2. The van der Waals surface area contributed by atoms with Crippen LogP contribution in [0, 0.1) is 6.92 Å². The van der Waals surface area contributed by atoms with Crippen LogP contribution in [0.5, 0.6) is 0 Å². The van der Waals surface area contributed by atoms with Crippen molar-refractivity contribution in [1.29, 1.82) is 0 Å². The number of anilines is 1. The molecular formula is C18H17ClN2. The van der Waals surface area contributed by atoms with Gasteiger partial charge in [0.05, 0.1) is 16.2 Å². The van der Waals surface area contributed by atoms with Crippen molar-refractivity contribution in [1.82, 2.24) is 4.98 Å². The fourth-order valence-electron chi connectivity index (χ4n) is 2.63. The maximum absolute atomic E-state index is 6.35.